The topological polar surface area (TPSA) is 69.7 Å². The van der Waals surface area contributed by atoms with Gasteiger partial charge in [-0.15, -0.1) is 0 Å². The zero-order valence-corrected chi connectivity index (χ0v) is 14.5. The summed E-state index contributed by atoms with van der Waals surface area (Å²) in [7, 11) is 1.13. The molecule has 1 aliphatic rings. The van der Waals surface area contributed by atoms with Crippen molar-refractivity contribution in [3.8, 4) is 11.5 Å². The number of hydrogen-bond acceptors (Lipinski definition) is 6. The molecule has 6 nitrogen and oxygen atoms in total. The molecule has 0 unspecified atom stereocenters. The Bertz CT molecular complexity index is 916. The molecule has 1 aromatic heterocycles. The number of methoxy groups -OCH3 is 1. The van der Waals surface area contributed by atoms with Crippen LogP contribution in [-0.2, 0) is 15.7 Å². The minimum absolute atomic E-state index is 0.104. The second-order valence-electron chi connectivity index (χ2n) is 5.31. The molecule has 0 fully saturated rings. The van der Waals surface area contributed by atoms with E-state index in [4.69, 9.17) is 21.1 Å². The predicted octanol–water partition coefficient (Wildman–Crippen LogP) is 4.11. The number of carbonyl (C=O) groups excluding carboxylic acids is 1. The number of carbonyl (C=O) groups is 1. The molecule has 1 N–H and O–H groups in total. The maximum atomic E-state index is 12.8. The van der Waals surface area contributed by atoms with E-state index in [1.165, 1.54) is 6.20 Å². The molecule has 2 heterocycles. The molecule has 27 heavy (non-hydrogen) atoms. The monoisotopic (exact) mass is 400 g/mol. The number of nitrogens with one attached hydrogen (secondary N) is 1. The van der Waals surface area contributed by atoms with Gasteiger partial charge in [0, 0.05) is 24.2 Å². The number of benzene rings is 1. The van der Waals surface area contributed by atoms with E-state index in [0.717, 1.165) is 7.11 Å². The van der Waals surface area contributed by atoms with Gasteiger partial charge >= 0.3 is 12.1 Å². The Hall–Kier alpha value is -2.94. The van der Waals surface area contributed by atoms with Crippen molar-refractivity contribution in [2.75, 3.05) is 19.2 Å². The zero-order chi connectivity index (χ0) is 19.6. The lowest BCUT2D eigenvalue weighted by Gasteiger charge is -2.11. The molecule has 0 amide bonds. The number of halogens is 4. The third-order valence-corrected chi connectivity index (χ3v) is 3.87. The van der Waals surface area contributed by atoms with Crippen LogP contribution in [0.3, 0.4) is 0 Å². The molecule has 142 valence electrons. The normalized spacial score (nSPS) is 13.4. The van der Waals surface area contributed by atoms with Crippen molar-refractivity contribution in [2.24, 2.45) is 0 Å². The average molecular weight is 401 g/mol. The molecule has 0 bridgehead atoms. The molecule has 2 aromatic rings. The molecule has 0 spiro atoms. The van der Waals surface area contributed by atoms with Crippen LogP contribution < -0.4 is 14.8 Å². The maximum absolute atomic E-state index is 12.8. The van der Waals surface area contributed by atoms with Gasteiger partial charge in [-0.3, -0.25) is 4.98 Å². The first-order valence-corrected chi connectivity index (χ1v) is 7.85. The molecular weight excluding hydrogens is 389 g/mol. The van der Waals surface area contributed by atoms with Gasteiger partial charge in [-0.1, -0.05) is 11.6 Å². The van der Waals surface area contributed by atoms with E-state index >= 15 is 0 Å². The molecule has 1 aromatic carbocycles. The number of ether oxygens (including phenoxy) is 3. The van der Waals surface area contributed by atoms with Crippen molar-refractivity contribution in [3.63, 3.8) is 0 Å². The standard InChI is InChI=1S/C17H12ClF3N2O4/c1-25-16(24)11(15-12(18)4-9(6-23-15)17(19,20)21)7-22-10-2-3-13-14(5-10)27-8-26-13/h2-7,22H,8H2,1H3/b11-7-. The lowest BCUT2D eigenvalue weighted by atomic mass is 10.1. The summed E-state index contributed by atoms with van der Waals surface area (Å²) in [6, 6.07) is 5.66. The first-order chi connectivity index (χ1) is 12.8. The Morgan fingerprint density at radius 3 is 2.70 bits per heavy atom. The highest BCUT2D eigenvalue weighted by Crippen LogP contribution is 2.35. The van der Waals surface area contributed by atoms with Gasteiger partial charge in [-0.05, 0) is 18.2 Å². The Morgan fingerprint density at radius 2 is 2.04 bits per heavy atom. The van der Waals surface area contributed by atoms with Crippen molar-refractivity contribution >= 4 is 28.8 Å². The van der Waals surface area contributed by atoms with Crippen LogP contribution in [0.1, 0.15) is 11.3 Å². The summed E-state index contributed by atoms with van der Waals surface area (Å²) in [6.45, 7) is 0.104. The van der Waals surface area contributed by atoms with E-state index in [0.29, 0.717) is 29.4 Å². The van der Waals surface area contributed by atoms with Gasteiger partial charge in [0.15, 0.2) is 11.5 Å². The summed E-state index contributed by atoms with van der Waals surface area (Å²) in [5, 5.41) is 2.50. The fourth-order valence-corrected chi connectivity index (χ4v) is 2.54. The highest BCUT2D eigenvalue weighted by molar-refractivity contribution is 6.34. The van der Waals surface area contributed by atoms with E-state index in [2.05, 4.69) is 15.0 Å². The molecule has 0 aliphatic carbocycles. The van der Waals surface area contributed by atoms with Gasteiger partial charge in [0.1, 0.15) is 5.57 Å². The average Bonchev–Trinajstić information content (AvgIpc) is 3.09. The first-order valence-electron chi connectivity index (χ1n) is 7.47. The number of esters is 1. The third kappa shape index (κ3) is 4.08. The lowest BCUT2D eigenvalue weighted by Crippen LogP contribution is -2.11. The van der Waals surface area contributed by atoms with Crippen LogP contribution in [0.4, 0.5) is 18.9 Å². The molecule has 10 heteroatoms. The van der Waals surface area contributed by atoms with Crippen LogP contribution in [0.25, 0.3) is 5.57 Å². The highest BCUT2D eigenvalue weighted by atomic mass is 35.5. The number of hydrogen-bond donors (Lipinski definition) is 1. The Kier molecular flexibility index (Phi) is 5.13. The molecular formula is C17H12ClF3N2O4. The summed E-state index contributed by atoms with van der Waals surface area (Å²) < 4.78 is 53.4. The van der Waals surface area contributed by atoms with Gasteiger partial charge in [0.25, 0.3) is 0 Å². The summed E-state index contributed by atoms with van der Waals surface area (Å²) in [5.41, 5.74) is -0.772. The van der Waals surface area contributed by atoms with Gasteiger partial charge in [0.2, 0.25) is 6.79 Å². The SMILES string of the molecule is COC(=O)/C(=C\Nc1ccc2c(c1)OCO2)c1ncc(C(F)(F)F)cc1Cl. The first kappa shape index (κ1) is 18.8. The van der Waals surface area contributed by atoms with Crippen LogP contribution in [0.15, 0.2) is 36.7 Å². The molecule has 0 saturated carbocycles. The van der Waals surface area contributed by atoms with E-state index < -0.39 is 17.7 Å². The van der Waals surface area contributed by atoms with Crippen molar-refractivity contribution in [2.45, 2.75) is 6.18 Å². The van der Waals surface area contributed by atoms with Crippen LogP contribution in [0.2, 0.25) is 5.02 Å². The third-order valence-electron chi connectivity index (χ3n) is 3.58. The van der Waals surface area contributed by atoms with Crippen molar-refractivity contribution < 1.29 is 32.2 Å². The summed E-state index contributed by atoms with van der Waals surface area (Å²) in [5.74, 6) is 0.265. The van der Waals surface area contributed by atoms with Gasteiger partial charge in [-0.2, -0.15) is 13.2 Å². The minimum Gasteiger partial charge on any atom is -0.465 e. The van der Waals surface area contributed by atoms with Crippen LogP contribution in [0, 0.1) is 0 Å². The molecule has 0 atom stereocenters. The van der Waals surface area contributed by atoms with Crippen LogP contribution in [-0.4, -0.2) is 24.9 Å². The van der Waals surface area contributed by atoms with Crippen molar-refractivity contribution in [1.82, 2.24) is 4.98 Å². The predicted molar refractivity (Wildman–Crippen MR) is 90.4 cm³/mol. The number of nitrogens with zero attached hydrogens (tertiary/aromatic N) is 1. The van der Waals surface area contributed by atoms with Gasteiger partial charge in [0.05, 0.1) is 23.4 Å². The molecule has 0 saturated heterocycles. The quantitative estimate of drug-likeness (QED) is 0.615. The molecule has 1 aliphatic heterocycles. The fourth-order valence-electron chi connectivity index (χ4n) is 2.27. The van der Waals surface area contributed by atoms with Crippen LogP contribution in [0.5, 0.6) is 11.5 Å². The number of aromatic nitrogens is 1. The van der Waals surface area contributed by atoms with E-state index in [9.17, 15) is 18.0 Å². The summed E-state index contributed by atoms with van der Waals surface area (Å²) in [6.07, 6.45) is -2.77. The second kappa shape index (κ2) is 7.36. The summed E-state index contributed by atoms with van der Waals surface area (Å²) in [4.78, 5) is 15.7. The van der Waals surface area contributed by atoms with Crippen LogP contribution >= 0.6 is 11.6 Å². The highest BCUT2D eigenvalue weighted by Gasteiger charge is 2.32. The number of pyridine rings is 1. The Morgan fingerprint density at radius 1 is 1.30 bits per heavy atom. The minimum atomic E-state index is -4.60. The smallest absolute Gasteiger partial charge is 0.417 e. The molecule has 0 radical (unpaired) electrons. The fraction of sp³-hybridized carbons (Fsp3) is 0.176. The van der Waals surface area contributed by atoms with Gasteiger partial charge < -0.3 is 19.5 Å². The number of anilines is 1. The maximum Gasteiger partial charge on any atom is 0.417 e. The van der Waals surface area contributed by atoms with Crippen molar-refractivity contribution in [3.05, 3.63) is 52.9 Å². The Labute approximate surface area is 156 Å². The Balaban J connectivity index is 1.92. The lowest BCUT2D eigenvalue weighted by molar-refractivity contribution is -0.137. The van der Waals surface area contributed by atoms with Crippen molar-refractivity contribution in [1.29, 1.82) is 0 Å². The zero-order valence-electron chi connectivity index (χ0n) is 13.8. The molecule has 3 rings (SSSR count). The number of rotatable bonds is 4. The van der Waals surface area contributed by atoms with E-state index in [1.54, 1.807) is 18.2 Å². The van der Waals surface area contributed by atoms with E-state index in [1.807, 2.05) is 0 Å². The number of fused-ring (bicyclic) bond motifs is 1. The number of alkyl halides is 3. The summed E-state index contributed by atoms with van der Waals surface area (Å²) >= 11 is 5.91. The van der Waals surface area contributed by atoms with Gasteiger partial charge in [-0.25, -0.2) is 4.79 Å². The second-order valence-corrected chi connectivity index (χ2v) is 5.72. The van der Waals surface area contributed by atoms with E-state index in [-0.39, 0.29) is 23.1 Å². The largest absolute Gasteiger partial charge is 0.465 e.